The van der Waals surface area contributed by atoms with E-state index in [4.69, 9.17) is 4.74 Å². The van der Waals surface area contributed by atoms with E-state index in [1.807, 2.05) is 53.9 Å². The first-order chi connectivity index (χ1) is 9.74. The first kappa shape index (κ1) is 12.2. The van der Waals surface area contributed by atoms with Crippen molar-refractivity contribution in [1.29, 1.82) is 5.26 Å². The minimum Gasteiger partial charge on any atom is -0.497 e. The lowest BCUT2D eigenvalue weighted by Gasteiger charge is -2.02. The van der Waals surface area contributed by atoms with E-state index < -0.39 is 0 Å². The Balaban J connectivity index is 2.31. The number of imidazole rings is 1. The van der Waals surface area contributed by atoms with Gasteiger partial charge >= 0.3 is 0 Å². The van der Waals surface area contributed by atoms with Crippen LogP contribution in [-0.4, -0.2) is 16.5 Å². The highest BCUT2D eigenvalue weighted by molar-refractivity contribution is 5.71. The molecule has 0 bridgehead atoms. The molecule has 0 radical (unpaired) electrons. The molecule has 4 nitrogen and oxygen atoms in total. The molecule has 0 aliphatic heterocycles. The van der Waals surface area contributed by atoms with Gasteiger partial charge in [-0.2, -0.15) is 5.26 Å². The zero-order chi connectivity index (χ0) is 14.1. The SMILES string of the molecule is COc1cccc(-c2nc3c(C)cccn3c2C#N)c1. The number of ether oxygens (including phenoxy) is 1. The van der Waals surface area contributed by atoms with Crippen LogP contribution in [-0.2, 0) is 0 Å². The molecule has 98 valence electrons. The van der Waals surface area contributed by atoms with Crippen LogP contribution < -0.4 is 4.74 Å². The van der Waals surface area contributed by atoms with Crippen molar-refractivity contribution in [1.82, 2.24) is 9.38 Å². The molecular formula is C16H13N3O. The smallest absolute Gasteiger partial charge is 0.152 e. The van der Waals surface area contributed by atoms with E-state index in [1.54, 1.807) is 7.11 Å². The molecule has 0 aliphatic carbocycles. The van der Waals surface area contributed by atoms with Crippen LogP contribution in [0.5, 0.6) is 5.75 Å². The molecule has 0 atom stereocenters. The van der Waals surface area contributed by atoms with E-state index in [0.717, 1.165) is 22.5 Å². The van der Waals surface area contributed by atoms with Crippen molar-refractivity contribution in [3.8, 4) is 23.1 Å². The van der Waals surface area contributed by atoms with Crippen molar-refractivity contribution >= 4 is 5.65 Å². The fourth-order valence-corrected chi connectivity index (χ4v) is 2.28. The number of aryl methyl sites for hydroxylation is 1. The van der Waals surface area contributed by atoms with Crippen LogP contribution >= 0.6 is 0 Å². The van der Waals surface area contributed by atoms with Crippen molar-refractivity contribution in [2.75, 3.05) is 7.11 Å². The maximum Gasteiger partial charge on any atom is 0.152 e. The Kier molecular flexibility index (Phi) is 2.88. The molecule has 0 saturated carbocycles. The van der Waals surface area contributed by atoms with Crippen molar-refractivity contribution in [2.24, 2.45) is 0 Å². The van der Waals surface area contributed by atoms with Gasteiger partial charge in [0.1, 0.15) is 23.2 Å². The Hall–Kier alpha value is -2.80. The summed E-state index contributed by atoms with van der Waals surface area (Å²) in [5.74, 6) is 0.750. The second kappa shape index (κ2) is 4.71. The predicted molar refractivity (Wildman–Crippen MR) is 76.6 cm³/mol. The summed E-state index contributed by atoms with van der Waals surface area (Å²) >= 11 is 0. The highest BCUT2D eigenvalue weighted by Gasteiger charge is 2.15. The molecule has 0 unspecified atom stereocenters. The van der Waals surface area contributed by atoms with Gasteiger partial charge in [-0.05, 0) is 30.7 Å². The van der Waals surface area contributed by atoms with Crippen LogP contribution in [0.2, 0.25) is 0 Å². The molecule has 2 aromatic heterocycles. The maximum absolute atomic E-state index is 9.44. The number of nitriles is 1. The zero-order valence-electron chi connectivity index (χ0n) is 11.3. The fourth-order valence-electron chi connectivity index (χ4n) is 2.28. The molecule has 3 aromatic rings. The summed E-state index contributed by atoms with van der Waals surface area (Å²) in [6.07, 6.45) is 1.86. The van der Waals surface area contributed by atoms with Crippen LogP contribution in [0.15, 0.2) is 42.6 Å². The standard InChI is InChI=1S/C16H13N3O/c1-11-5-4-8-19-14(10-17)15(18-16(11)19)12-6-3-7-13(9-12)20-2/h3-9H,1-2H3. The van der Waals surface area contributed by atoms with E-state index in [9.17, 15) is 5.26 Å². The second-order valence-corrected chi connectivity index (χ2v) is 4.54. The minimum atomic E-state index is 0.539. The topological polar surface area (TPSA) is 50.3 Å². The monoisotopic (exact) mass is 263 g/mol. The number of nitrogens with zero attached hydrogens (tertiary/aromatic N) is 3. The molecule has 0 amide bonds. The molecule has 0 fully saturated rings. The molecule has 0 N–H and O–H groups in total. The van der Waals surface area contributed by atoms with Crippen molar-refractivity contribution in [3.63, 3.8) is 0 Å². The Bertz CT molecular complexity index is 827. The van der Waals surface area contributed by atoms with Crippen LogP contribution in [0, 0.1) is 18.3 Å². The Labute approximate surface area is 116 Å². The Morgan fingerprint density at radius 3 is 2.85 bits per heavy atom. The Morgan fingerprint density at radius 2 is 2.10 bits per heavy atom. The number of methoxy groups -OCH3 is 1. The highest BCUT2D eigenvalue weighted by atomic mass is 16.5. The van der Waals surface area contributed by atoms with Crippen LogP contribution in [0.1, 0.15) is 11.3 Å². The summed E-state index contributed by atoms with van der Waals surface area (Å²) in [6, 6.07) is 13.7. The number of aromatic nitrogens is 2. The fraction of sp³-hybridized carbons (Fsp3) is 0.125. The molecule has 4 heteroatoms. The number of hydrogen-bond donors (Lipinski definition) is 0. The van der Waals surface area contributed by atoms with E-state index in [0.29, 0.717) is 11.4 Å². The molecule has 1 aromatic carbocycles. The van der Waals surface area contributed by atoms with Gasteiger partial charge in [-0.1, -0.05) is 18.2 Å². The van der Waals surface area contributed by atoms with Crippen LogP contribution in [0.4, 0.5) is 0 Å². The normalized spacial score (nSPS) is 10.4. The van der Waals surface area contributed by atoms with Crippen molar-refractivity contribution < 1.29 is 4.74 Å². The average molecular weight is 263 g/mol. The number of pyridine rings is 1. The third-order valence-electron chi connectivity index (χ3n) is 3.29. The summed E-state index contributed by atoms with van der Waals surface area (Å²) in [6.45, 7) is 1.98. The van der Waals surface area contributed by atoms with Gasteiger partial charge < -0.3 is 4.74 Å². The van der Waals surface area contributed by atoms with Gasteiger partial charge in [0.15, 0.2) is 5.69 Å². The van der Waals surface area contributed by atoms with Gasteiger partial charge in [0.2, 0.25) is 0 Å². The van der Waals surface area contributed by atoms with Crippen molar-refractivity contribution in [2.45, 2.75) is 6.92 Å². The quantitative estimate of drug-likeness (QED) is 0.713. The van der Waals surface area contributed by atoms with E-state index in [-0.39, 0.29) is 0 Å². The zero-order valence-corrected chi connectivity index (χ0v) is 11.3. The summed E-state index contributed by atoms with van der Waals surface area (Å²) in [7, 11) is 1.62. The van der Waals surface area contributed by atoms with Crippen LogP contribution in [0.25, 0.3) is 16.9 Å². The maximum atomic E-state index is 9.44. The van der Waals surface area contributed by atoms with Gasteiger partial charge in [0, 0.05) is 11.8 Å². The predicted octanol–water partition coefficient (Wildman–Crippen LogP) is 3.19. The molecular weight excluding hydrogens is 250 g/mol. The van der Waals surface area contributed by atoms with E-state index >= 15 is 0 Å². The van der Waals surface area contributed by atoms with E-state index in [2.05, 4.69) is 11.1 Å². The van der Waals surface area contributed by atoms with Crippen molar-refractivity contribution in [3.05, 3.63) is 53.9 Å². The summed E-state index contributed by atoms with van der Waals surface area (Å²) in [4.78, 5) is 4.61. The largest absolute Gasteiger partial charge is 0.497 e. The van der Waals surface area contributed by atoms with Gasteiger partial charge in [0.05, 0.1) is 7.11 Å². The van der Waals surface area contributed by atoms with E-state index in [1.165, 1.54) is 0 Å². The van der Waals surface area contributed by atoms with Gasteiger partial charge in [-0.3, -0.25) is 4.40 Å². The molecule has 0 spiro atoms. The summed E-state index contributed by atoms with van der Waals surface area (Å²) in [5.41, 5.74) is 3.95. The summed E-state index contributed by atoms with van der Waals surface area (Å²) < 4.78 is 7.05. The van der Waals surface area contributed by atoms with Gasteiger partial charge in [0.25, 0.3) is 0 Å². The third-order valence-corrected chi connectivity index (χ3v) is 3.29. The average Bonchev–Trinajstić information content (AvgIpc) is 2.87. The van der Waals surface area contributed by atoms with Gasteiger partial charge in [-0.15, -0.1) is 0 Å². The third kappa shape index (κ3) is 1.81. The minimum absolute atomic E-state index is 0.539. The first-order valence-corrected chi connectivity index (χ1v) is 6.27. The lowest BCUT2D eigenvalue weighted by Crippen LogP contribution is -1.90. The first-order valence-electron chi connectivity index (χ1n) is 6.27. The molecule has 20 heavy (non-hydrogen) atoms. The number of benzene rings is 1. The molecule has 0 aliphatic rings. The number of fused-ring (bicyclic) bond motifs is 1. The number of rotatable bonds is 2. The molecule has 3 rings (SSSR count). The highest BCUT2D eigenvalue weighted by Crippen LogP contribution is 2.27. The Morgan fingerprint density at radius 1 is 1.25 bits per heavy atom. The number of hydrogen-bond acceptors (Lipinski definition) is 3. The van der Waals surface area contributed by atoms with Crippen LogP contribution in [0.3, 0.4) is 0 Å². The molecule has 2 heterocycles. The second-order valence-electron chi connectivity index (χ2n) is 4.54. The molecule has 0 saturated heterocycles. The lowest BCUT2D eigenvalue weighted by molar-refractivity contribution is 0.415. The van der Waals surface area contributed by atoms with Gasteiger partial charge in [-0.25, -0.2) is 4.98 Å². The lowest BCUT2D eigenvalue weighted by atomic mass is 10.1. The summed E-state index contributed by atoms with van der Waals surface area (Å²) in [5, 5.41) is 9.44.